The number of rotatable bonds is 8. The summed E-state index contributed by atoms with van der Waals surface area (Å²) in [4.78, 5) is 13.6. The van der Waals surface area contributed by atoms with Crippen LogP contribution in [0.2, 0.25) is 15.1 Å². The molecule has 160 valence electrons. The van der Waals surface area contributed by atoms with Crippen molar-refractivity contribution in [1.82, 2.24) is 9.55 Å². The quantitative estimate of drug-likeness (QED) is 0.241. The molecule has 0 saturated carbocycles. The Bertz CT molecular complexity index is 923. The smallest absolute Gasteiger partial charge is 0.291 e. The van der Waals surface area contributed by atoms with Crippen LogP contribution in [0.15, 0.2) is 66.1 Å². The Kier molecular flexibility index (Phi) is 10.3. The standard InChI is InChI=1S/C19H17Cl3N2OS.HNO3/c20-15-3-5-17(6-4-15)26-18(10-24-8-7-23-13-24)12-25-11-14-1-2-16(21)9-19(14)22;2-1(3)4/h1-9,13,18H,10-12H2;(H,2,3,4). The lowest BCUT2D eigenvalue weighted by molar-refractivity contribution is -0.742. The zero-order valence-corrected chi connectivity index (χ0v) is 18.6. The molecule has 30 heavy (non-hydrogen) atoms. The van der Waals surface area contributed by atoms with Gasteiger partial charge < -0.3 is 14.5 Å². The Morgan fingerprint density at radius 3 is 2.43 bits per heavy atom. The first-order chi connectivity index (χ1) is 14.3. The summed E-state index contributed by atoms with van der Waals surface area (Å²) in [6.45, 7) is 1.81. The topological polar surface area (TPSA) is 90.4 Å². The minimum absolute atomic E-state index is 0.219. The third-order valence-electron chi connectivity index (χ3n) is 3.67. The molecule has 2 aromatic carbocycles. The van der Waals surface area contributed by atoms with E-state index in [0.717, 1.165) is 22.0 Å². The number of aromatic nitrogens is 2. The van der Waals surface area contributed by atoms with Gasteiger partial charge in [0.05, 0.1) is 24.8 Å². The van der Waals surface area contributed by atoms with Crippen molar-refractivity contribution >= 4 is 46.6 Å². The minimum Gasteiger partial charge on any atom is -0.375 e. The van der Waals surface area contributed by atoms with Crippen LogP contribution in [0.4, 0.5) is 0 Å². The Hall–Kier alpha value is -1.97. The van der Waals surface area contributed by atoms with Gasteiger partial charge in [0.15, 0.2) is 0 Å². The number of hydrogen-bond donors (Lipinski definition) is 1. The van der Waals surface area contributed by atoms with Crippen LogP contribution in [-0.4, -0.2) is 31.7 Å². The molecule has 11 heteroatoms. The average Bonchev–Trinajstić information content (AvgIpc) is 3.18. The Balaban J connectivity index is 0.000000735. The number of halogens is 3. The van der Waals surface area contributed by atoms with Gasteiger partial charge in [-0.05, 0) is 42.0 Å². The highest BCUT2D eigenvalue weighted by atomic mass is 35.5. The van der Waals surface area contributed by atoms with Crippen molar-refractivity contribution in [1.29, 1.82) is 0 Å². The first-order valence-corrected chi connectivity index (χ1v) is 10.6. The fraction of sp³-hybridized carbons (Fsp3) is 0.211. The molecule has 0 spiro atoms. The first kappa shape index (κ1) is 24.3. The third kappa shape index (κ3) is 9.23. The second kappa shape index (κ2) is 12.7. The molecule has 3 aromatic rings. The van der Waals surface area contributed by atoms with Gasteiger partial charge in [0.2, 0.25) is 0 Å². The Morgan fingerprint density at radius 2 is 1.83 bits per heavy atom. The highest BCUT2D eigenvalue weighted by Gasteiger charge is 2.13. The summed E-state index contributed by atoms with van der Waals surface area (Å²) in [5, 5.41) is 15.8. The average molecular weight is 491 g/mol. The molecule has 1 atom stereocenters. The predicted molar refractivity (Wildman–Crippen MR) is 118 cm³/mol. The summed E-state index contributed by atoms with van der Waals surface area (Å²) in [7, 11) is 0. The highest BCUT2D eigenvalue weighted by Crippen LogP contribution is 2.27. The van der Waals surface area contributed by atoms with E-state index in [2.05, 4.69) is 4.98 Å². The molecule has 0 amide bonds. The molecule has 0 aliphatic rings. The maximum Gasteiger partial charge on any atom is 0.291 e. The lowest BCUT2D eigenvalue weighted by atomic mass is 10.2. The monoisotopic (exact) mass is 489 g/mol. The van der Waals surface area contributed by atoms with Gasteiger partial charge >= 0.3 is 0 Å². The Labute approximate surface area is 192 Å². The number of ether oxygens (including phenoxy) is 1. The lowest BCUT2D eigenvalue weighted by Gasteiger charge is -2.18. The van der Waals surface area contributed by atoms with Gasteiger partial charge in [0, 0.05) is 38.9 Å². The Morgan fingerprint density at radius 1 is 1.17 bits per heavy atom. The van der Waals surface area contributed by atoms with Crippen LogP contribution in [0.3, 0.4) is 0 Å². The van der Waals surface area contributed by atoms with E-state index in [-0.39, 0.29) is 5.25 Å². The van der Waals surface area contributed by atoms with Crippen LogP contribution in [0.1, 0.15) is 5.56 Å². The van der Waals surface area contributed by atoms with Gasteiger partial charge in [-0.2, -0.15) is 0 Å². The molecule has 1 aromatic heterocycles. The van der Waals surface area contributed by atoms with Crippen molar-refractivity contribution in [2.24, 2.45) is 0 Å². The second-order valence-corrected chi connectivity index (χ2v) is 8.60. The van der Waals surface area contributed by atoms with Gasteiger partial charge in [-0.15, -0.1) is 21.9 Å². The molecular formula is C19H18Cl3N3O4S. The number of thioether (sulfide) groups is 1. The molecule has 0 aliphatic carbocycles. The first-order valence-electron chi connectivity index (χ1n) is 8.56. The molecule has 7 nitrogen and oxygen atoms in total. The normalized spacial score (nSPS) is 11.4. The van der Waals surface area contributed by atoms with E-state index in [1.165, 1.54) is 0 Å². The van der Waals surface area contributed by atoms with Crippen molar-refractivity contribution in [3.63, 3.8) is 0 Å². The van der Waals surface area contributed by atoms with Gasteiger partial charge in [-0.25, -0.2) is 4.98 Å². The summed E-state index contributed by atoms with van der Waals surface area (Å²) in [6, 6.07) is 13.3. The fourth-order valence-corrected chi connectivity index (χ4v) is 4.08. The highest BCUT2D eigenvalue weighted by molar-refractivity contribution is 8.00. The molecule has 0 bridgehead atoms. The number of nitrogens with zero attached hydrogens (tertiary/aromatic N) is 3. The van der Waals surface area contributed by atoms with Crippen LogP contribution in [0.5, 0.6) is 0 Å². The second-order valence-electron chi connectivity index (χ2n) is 5.94. The van der Waals surface area contributed by atoms with Crippen molar-refractivity contribution in [3.05, 3.63) is 91.9 Å². The van der Waals surface area contributed by atoms with E-state index in [9.17, 15) is 0 Å². The SMILES string of the molecule is Clc1ccc(SC(COCc2ccc(Cl)cc2Cl)Cn2ccnc2)cc1.O=[N+]([O-])O. The van der Waals surface area contributed by atoms with E-state index < -0.39 is 5.09 Å². The fourth-order valence-electron chi connectivity index (χ4n) is 2.40. The van der Waals surface area contributed by atoms with Crippen molar-refractivity contribution in [3.8, 4) is 0 Å². The van der Waals surface area contributed by atoms with Crippen LogP contribution >= 0.6 is 46.6 Å². The van der Waals surface area contributed by atoms with E-state index in [0.29, 0.717) is 23.3 Å². The minimum atomic E-state index is -1.50. The molecule has 1 unspecified atom stereocenters. The zero-order chi connectivity index (χ0) is 21.9. The molecule has 0 radical (unpaired) electrons. The maximum atomic E-state index is 8.36. The molecule has 3 rings (SSSR count). The molecule has 0 fully saturated rings. The van der Waals surface area contributed by atoms with Crippen LogP contribution in [-0.2, 0) is 17.9 Å². The lowest BCUT2D eigenvalue weighted by Crippen LogP contribution is -2.18. The van der Waals surface area contributed by atoms with Crippen LogP contribution in [0, 0.1) is 10.1 Å². The largest absolute Gasteiger partial charge is 0.375 e. The van der Waals surface area contributed by atoms with E-state index in [4.69, 9.17) is 54.9 Å². The molecule has 0 aliphatic heterocycles. The summed E-state index contributed by atoms with van der Waals surface area (Å²) >= 11 is 19.9. The van der Waals surface area contributed by atoms with Crippen molar-refractivity contribution in [2.75, 3.05) is 6.61 Å². The number of hydrogen-bond acceptors (Lipinski definition) is 5. The van der Waals surface area contributed by atoms with E-state index >= 15 is 0 Å². The zero-order valence-electron chi connectivity index (χ0n) is 15.5. The number of imidazole rings is 1. The summed E-state index contributed by atoms with van der Waals surface area (Å²) in [6.07, 6.45) is 5.54. The van der Waals surface area contributed by atoms with Crippen LogP contribution < -0.4 is 0 Å². The molecule has 1 heterocycles. The summed E-state index contributed by atoms with van der Waals surface area (Å²) < 4.78 is 7.99. The van der Waals surface area contributed by atoms with Crippen molar-refractivity contribution < 1.29 is 15.0 Å². The predicted octanol–water partition coefficient (Wildman–Crippen LogP) is 5.87. The van der Waals surface area contributed by atoms with Gasteiger partial charge in [-0.1, -0.05) is 40.9 Å². The summed E-state index contributed by atoms with van der Waals surface area (Å²) in [5.74, 6) is 0. The van der Waals surface area contributed by atoms with Gasteiger partial charge in [0.25, 0.3) is 5.09 Å². The molecule has 1 N–H and O–H groups in total. The van der Waals surface area contributed by atoms with Gasteiger partial charge in [0.1, 0.15) is 0 Å². The van der Waals surface area contributed by atoms with Crippen LogP contribution in [0.25, 0.3) is 0 Å². The summed E-state index contributed by atoms with van der Waals surface area (Å²) in [5.41, 5.74) is 0.925. The van der Waals surface area contributed by atoms with E-state index in [1.807, 2.05) is 53.5 Å². The van der Waals surface area contributed by atoms with Crippen molar-refractivity contribution in [2.45, 2.75) is 23.3 Å². The molecular weight excluding hydrogens is 473 g/mol. The molecule has 0 saturated heterocycles. The van der Waals surface area contributed by atoms with E-state index in [1.54, 1.807) is 24.0 Å². The third-order valence-corrected chi connectivity index (χ3v) is 5.67. The maximum absolute atomic E-state index is 8.36. The van der Waals surface area contributed by atoms with Gasteiger partial charge in [-0.3, -0.25) is 0 Å². The number of benzene rings is 2.